The van der Waals surface area contributed by atoms with Crippen LogP contribution in [0.5, 0.6) is 5.75 Å². The minimum Gasteiger partial charge on any atom is -0.490 e. The van der Waals surface area contributed by atoms with Crippen molar-refractivity contribution in [2.45, 2.75) is 45.2 Å². The highest BCUT2D eigenvalue weighted by Crippen LogP contribution is 2.29. The van der Waals surface area contributed by atoms with Crippen LogP contribution in [0, 0.1) is 0 Å². The van der Waals surface area contributed by atoms with E-state index in [1.165, 1.54) is 11.3 Å². The Morgan fingerprint density at radius 3 is 2.93 bits per heavy atom. The SMILES string of the molecule is NC(=O)Cn1ccc2c(OC3CCN(Cc4cnn5c4COCC5)CC3)cccc21. The molecule has 8 nitrogen and oxygen atoms in total. The summed E-state index contributed by atoms with van der Waals surface area (Å²) in [6.07, 6.45) is 6.04. The third-order valence-electron chi connectivity index (χ3n) is 6.04. The topological polar surface area (TPSA) is 87.5 Å². The fourth-order valence-electron chi connectivity index (χ4n) is 4.47. The fourth-order valence-corrected chi connectivity index (χ4v) is 4.47. The Morgan fingerprint density at radius 1 is 1.23 bits per heavy atom. The lowest BCUT2D eigenvalue weighted by Gasteiger charge is -2.32. The van der Waals surface area contributed by atoms with E-state index in [9.17, 15) is 4.79 Å². The molecular formula is C22H27N5O3. The van der Waals surface area contributed by atoms with Crippen LogP contribution >= 0.6 is 0 Å². The van der Waals surface area contributed by atoms with Gasteiger partial charge in [-0.2, -0.15) is 5.10 Å². The number of benzene rings is 1. The Hall–Kier alpha value is -2.84. The van der Waals surface area contributed by atoms with Gasteiger partial charge in [0.05, 0.1) is 37.2 Å². The average molecular weight is 409 g/mol. The normalized spacial score (nSPS) is 17.9. The summed E-state index contributed by atoms with van der Waals surface area (Å²) in [5.74, 6) is 0.523. The zero-order chi connectivity index (χ0) is 20.5. The van der Waals surface area contributed by atoms with Crippen molar-refractivity contribution in [2.75, 3.05) is 19.7 Å². The van der Waals surface area contributed by atoms with Crippen molar-refractivity contribution < 1.29 is 14.3 Å². The summed E-state index contributed by atoms with van der Waals surface area (Å²) < 4.78 is 15.9. The van der Waals surface area contributed by atoms with Gasteiger partial charge in [-0.1, -0.05) is 6.07 Å². The first kappa shape index (κ1) is 19.1. The quantitative estimate of drug-likeness (QED) is 0.672. The van der Waals surface area contributed by atoms with Crippen molar-refractivity contribution in [3.8, 4) is 5.75 Å². The molecule has 2 N–H and O–H groups in total. The standard InChI is InChI=1S/C22H27N5O3/c23-22(28)14-26-9-6-18-19(26)2-1-3-21(18)30-17-4-7-25(8-5-17)13-16-12-24-27-10-11-29-15-20(16)27/h1-3,6,9,12,17H,4-5,7-8,10-11,13-15H2,(H2,23,28). The van der Waals surface area contributed by atoms with Crippen LogP contribution in [0.15, 0.2) is 36.7 Å². The number of amides is 1. The summed E-state index contributed by atoms with van der Waals surface area (Å²) in [5.41, 5.74) is 8.81. The number of ether oxygens (including phenoxy) is 2. The van der Waals surface area contributed by atoms with E-state index in [-0.39, 0.29) is 18.6 Å². The molecule has 8 heteroatoms. The smallest absolute Gasteiger partial charge is 0.237 e. The molecule has 2 aromatic heterocycles. The number of aromatic nitrogens is 3. The summed E-state index contributed by atoms with van der Waals surface area (Å²) in [5, 5.41) is 5.52. The van der Waals surface area contributed by atoms with E-state index in [0.717, 1.165) is 62.3 Å². The predicted molar refractivity (Wildman–Crippen MR) is 112 cm³/mol. The van der Waals surface area contributed by atoms with Gasteiger partial charge in [0.15, 0.2) is 0 Å². The number of hydrogen-bond donors (Lipinski definition) is 1. The van der Waals surface area contributed by atoms with Gasteiger partial charge in [0.1, 0.15) is 18.4 Å². The van der Waals surface area contributed by atoms with Gasteiger partial charge in [-0.15, -0.1) is 0 Å². The first-order valence-electron chi connectivity index (χ1n) is 10.5. The third-order valence-corrected chi connectivity index (χ3v) is 6.04. The molecule has 30 heavy (non-hydrogen) atoms. The molecule has 0 radical (unpaired) electrons. The van der Waals surface area contributed by atoms with Gasteiger partial charge in [0.25, 0.3) is 0 Å². The molecule has 1 fully saturated rings. The second-order valence-corrected chi connectivity index (χ2v) is 8.08. The highest BCUT2D eigenvalue weighted by molar-refractivity contribution is 5.87. The maximum absolute atomic E-state index is 11.3. The van der Waals surface area contributed by atoms with Gasteiger partial charge < -0.3 is 19.8 Å². The summed E-state index contributed by atoms with van der Waals surface area (Å²) in [6, 6.07) is 7.95. The lowest BCUT2D eigenvalue weighted by atomic mass is 10.1. The Kier molecular flexibility index (Phi) is 5.18. The number of nitrogens with zero attached hydrogens (tertiary/aromatic N) is 4. The van der Waals surface area contributed by atoms with Gasteiger partial charge in [-0.05, 0) is 31.0 Å². The van der Waals surface area contributed by atoms with Crippen LogP contribution in [0.25, 0.3) is 10.9 Å². The van der Waals surface area contributed by atoms with Crippen LogP contribution in [0.4, 0.5) is 0 Å². The predicted octanol–water partition coefficient (Wildman–Crippen LogP) is 1.90. The van der Waals surface area contributed by atoms with Crippen LogP contribution in [-0.2, 0) is 35.8 Å². The number of likely N-dealkylation sites (tertiary alicyclic amines) is 1. The molecule has 2 aliphatic heterocycles. The summed E-state index contributed by atoms with van der Waals surface area (Å²) in [7, 11) is 0. The Labute approximate surface area is 175 Å². The van der Waals surface area contributed by atoms with Crippen molar-refractivity contribution in [3.63, 3.8) is 0 Å². The van der Waals surface area contributed by atoms with Gasteiger partial charge in [0, 0.05) is 36.8 Å². The minimum atomic E-state index is -0.350. The first-order chi connectivity index (χ1) is 14.7. The van der Waals surface area contributed by atoms with Crippen LogP contribution in [-0.4, -0.2) is 51.0 Å². The Bertz CT molecular complexity index is 1050. The maximum atomic E-state index is 11.3. The number of primary amides is 1. The molecule has 1 amide bonds. The van der Waals surface area contributed by atoms with Gasteiger partial charge in [-0.25, -0.2) is 0 Å². The number of rotatable bonds is 6. The molecule has 0 spiro atoms. The lowest BCUT2D eigenvalue weighted by Crippen LogP contribution is -2.38. The molecule has 1 aromatic carbocycles. The van der Waals surface area contributed by atoms with Crippen molar-refractivity contribution in [1.82, 2.24) is 19.2 Å². The molecular weight excluding hydrogens is 382 g/mol. The highest BCUT2D eigenvalue weighted by Gasteiger charge is 2.24. The molecule has 5 rings (SSSR count). The monoisotopic (exact) mass is 409 g/mol. The maximum Gasteiger partial charge on any atom is 0.237 e. The van der Waals surface area contributed by atoms with Crippen molar-refractivity contribution in [1.29, 1.82) is 0 Å². The van der Waals surface area contributed by atoms with E-state index in [1.54, 1.807) is 0 Å². The number of piperidine rings is 1. The molecule has 158 valence electrons. The number of fused-ring (bicyclic) bond motifs is 2. The largest absolute Gasteiger partial charge is 0.490 e. The van der Waals surface area contributed by atoms with Crippen LogP contribution in [0.1, 0.15) is 24.1 Å². The molecule has 4 heterocycles. The fraction of sp³-hybridized carbons (Fsp3) is 0.455. The molecule has 0 bridgehead atoms. The van der Waals surface area contributed by atoms with E-state index in [2.05, 4.69) is 14.7 Å². The third kappa shape index (κ3) is 3.80. The molecule has 1 saturated heterocycles. The number of hydrogen-bond acceptors (Lipinski definition) is 5. The Balaban J connectivity index is 1.21. The van der Waals surface area contributed by atoms with Crippen molar-refractivity contribution in [2.24, 2.45) is 5.73 Å². The van der Waals surface area contributed by atoms with Gasteiger partial charge >= 0.3 is 0 Å². The van der Waals surface area contributed by atoms with E-state index in [4.69, 9.17) is 15.2 Å². The van der Waals surface area contributed by atoms with E-state index in [1.807, 2.05) is 41.2 Å². The number of nitrogens with two attached hydrogens (primary N) is 1. The molecule has 0 atom stereocenters. The molecule has 0 aliphatic carbocycles. The van der Waals surface area contributed by atoms with Gasteiger partial charge in [0.2, 0.25) is 5.91 Å². The van der Waals surface area contributed by atoms with E-state index >= 15 is 0 Å². The van der Waals surface area contributed by atoms with E-state index in [0.29, 0.717) is 6.61 Å². The van der Waals surface area contributed by atoms with Crippen LogP contribution in [0.3, 0.4) is 0 Å². The Morgan fingerprint density at radius 2 is 2.10 bits per heavy atom. The zero-order valence-electron chi connectivity index (χ0n) is 17.0. The molecule has 0 saturated carbocycles. The second-order valence-electron chi connectivity index (χ2n) is 8.08. The van der Waals surface area contributed by atoms with Crippen LogP contribution in [0.2, 0.25) is 0 Å². The lowest BCUT2D eigenvalue weighted by molar-refractivity contribution is -0.118. The van der Waals surface area contributed by atoms with Crippen molar-refractivity contribution >= 4 is 16.8 Å². The molecule has 2 aliphatic rings. The zero-order valence-corrected chi connectivity index (χ0v) is 17.0. The van der Waals surface area contributed by atoms with Gasteiger partial charge in [-0.3, -0.25) is 14.4 Å². The summed E-state index contributed by atoms with van der Waals surface area (Å²) in [6.45, 7) is 5.33. The second kappa shape index (κ2) is 8.12. The highest BCUT2D eigenvalue weighted by atomic mass is 16.5. The summed E-state index contributed by atoms with van der Waals surface area (Å²) in [4.78, 5) is 13.8. The van der Waals surface area contributed by atoms with E-state index < -0.39 is 0 Å². The molecule has 3 aromatic rings. The number of carbonyl (C=O) groups is 1. The average Bonchev–Trinajstić information content (AvgIpc) is 3.34. The molecule has 0 unspecified atom stereocenters. The minimum absolute atomic E-state index is 0.176. The van der Waals surface area contributed by atoms with Crippen LogP contribution < -0.4 is 10.5 Å². The van der Waals surface area contributed by atoms with Crippen molar-refractivity contribution in [3.05, 3.63) is 47.9 Å². The summed E-state index contributed by atoms with van der Waals surface area (Å²) >= 11 is 0. The first-order valence-corrected chi connectivity index (χ1v) is 10.5. The number of carbonyl (C=O) groups excluding carboxylic acids is 1.